The van der Waals surface area contributed by atoms with Gasteiger partial charge in [-0.25, -0.2) is 8.42 Å². The Balaban J connectivity index is 2.38. The number of thiophene rings is 1. The quantitative estimate of drug-likeness (QED) is 0.700. The van der Waals surface area contributed by atoms with Crippen LogP contribution < -0.4 is 10.5 Å². The third-order valence-corrected chi connectivity index (χ3v) is 6.73. The SMILES string of the molecule is CCc1ccc(S(=O)(=O)Nc2c(N)cc(Br)cc2Br)s1. The first-order chi connectivity index (χ1) is 9.33. The van der Waals surface area contributed by atoms with Gasteiger partial charge in [-0.3, -0.25) is 4.72 Å². The first-order valence-corrected chi connectivity index (χ1v) is 9.58. The molecule has 0 aliphatic heterocycles. The molecule has 4 nitrogen and oxygen atoms in total. The number of hydrogen-bond donors (Lipinski definition) is 2. The fraction of sp³-hybridized carbons (Fsp3) is 0.167. The molecule has 0 spiro atoms. The van der Waals surface area contributed by atoms with E-state index in [1.165, 1.54) is 11.3 Å². The van der Waals surface area contributed by atoms with Gasteiger partial charge in [-0.05, 0) is 46.6 Å². The van der Waals surface area contributed by atoms with Gasteiger partial charge in [0.2, 0.25) is 0 Å². The van der Waals surface area contributed by atoms with E-state index in [9.17, 15) is 8.42 Å². The Morgan fingerprint density at radius 1 is 1.30 bits per heavy atom. The summed E-state index contributed by atoms with van der Waals surface area (Å²) in [5, 5.41) is 0. The highest BCUT2D eigenvalue weighted by Gasteiger charge is 2.19. The van der Waals surface area contributed by atoms with E-state index in [4.69, 9.17) is 5.73 Å². The van der Waals surface area contributed by atoms with Crippen LogP contribution in [0.3, 0.4) is 0 Å². The molecule has 3 N–H and O–H groups in total. The summed E-state index contributed by atoms with van der Waals surface area (Å²) < 4.78 is 28.8. The van der Waals surface area contributed by atoms with Crippen LogP contribution in [0.4, 0.5) is 11.4 Å². The summed E-state index contributed by atoms with van der Waals surface area (Å²) in [5.41, 5.74) is 6.55. The topological polar surface area (TPSA) is 72.2 Å². The van der Waals surface area contributed by atoms with E-state index < -0.39 is 10.0 Å². The lowest BCUT2D eigenvalue weighted by Gasteiger charge is -2.11. The molecule has 0 aliphatic carbocycles. The van der Waals surface area contributed by atoms with E-state index in [0.29, 0.717) is 15.8 Å². The second-order valence-corrected chi connectivity index (χ2v) is 8.88. The van der Waals surface area contributed by atoms with Crippen LogP contribution >= 0.6 is 43.2 Å². The maximum Gasteiger partial charge on any atom is 0.271 e. The molecule has 0 aliphatic rings. The number of benzene rings is 1. The number of nitrogens with one attached hydrogen (secondary N) is 1. The Morgan fingerprint density at radius 3 is 2.55 bits per heavy atom. The van der Waals surface area contributed by atoms with Crippen LogP contribution in [0.15, 0.2) is 37.4 Å². The molecule has 0 amide bonds. The molecule has 1 aromatic heterocycles. The van der Waals surface area contributed by atoms with E-state index in [0.717, 1.165) is 15.8 Å². The van der Waals surface area contributed by atoms with Crippen molar-refractivity contribution in [3.8, 4) is 0 Å². The summed E-state index contributed by atoms with van der Waals surface area (Å²) in [5.74, 6) is 0. The molecule has 2 rings (SSSR count). The number of anilines is 2. The van der Waals surface area contributed by atoms with Gasteiger partial charge in [0.1, 0.15) is 4.21 Å². The molecule has 1 aromatic carbocycles. The molecule has 1 heterocycles. The Bertz CT molecular complexity index is 719. The van der Waals surface area contributed by atoms with E-state index in [1.807, 2.05) is 13.0 Å². The van der Waals surface area contributed by atoms with E-state index in [-0.39, 0.29) is 4.21 Å². The summed E-state index contributed by atoms with van der Waals surface area (Å²) in [6.07, 6.45) is 0.810. The van der Waals surface area contributed by atoms with Crippen LogP contribution in [0.2, 0.25) is 0 Å². The molecule has 0 atom stereocenters. The van der Waals surface area contributed by atoms with Crippen LogP contribution in [-0.2, 0) is 16.4 Å². The third kappa shape index (κ3) is 3.36. The van der Waals surface area contributed by atoms with Gasteiger partial charge in [0.15, 0.2) is 0 Å². The lowest BCUT2D eigenvalue weighted by molar-refractivity contribution is 0.603. The zero-order chi connectivity index (χ0) is 14.9. The van der Waals surface area contributed by atoms with Gasteiger partial charge >= 0.3 is 0 Å². The summed E-state index contributed by atoms with van der Waals surface area (Å²) in [7, 11) is -3.62. The zero-order valence-corrected chi connectivity index (χ0v) is 15.3. The summed E-state index contributed by atoms with van der Waals surface area (Å²) >= 11 is 7.87. The van der Waals surface area contributed by atoms with Crippen molar-refractivity contribution in [2.45, 2.75) is 17.6 Å². The van der Waals surface area contributed by atoms with Crippen molar-refractivity contribution in [1.82, 2.24) is 0 Å². The highest BCUT2D eigenvalue weighted by molar-refractivity contribution is 9.11. The largest absolute Gasteiger partial charge is 0.397 e. The molecule has 2 aromatic rings. The normalized spacial score (nSPS) is 11.6. The Kier molecular flexibility index (Phi) is 4.78. The Morgan fingerprint density at radius 2 is 2.00 bits per heavy atom. The lowest BCUT2D eigenvalue weighted by atomic mass is 10.3. The summed E-state index contributed by atoms with van der Waals surface area (Å²) in [6.45, 7) is 1.99. The molecule has 0 unspecified atom stereocenters. The van der Waals surface area contributed by atoms with Crippen LogP contribution in [0.1, 0.15) is 11.8 Å². The fourth-order valence-electron chi connectivity index (χ4n) is 1.58. The van der Waals surface area contributed by atoms with Crippen LogP contribution in [0, 0.1) is 0 Å². The highest BCUT2D eigenvalue weighted by Crippen LogP contribution is 2.35. The summed E-state index contributed by atoms with van der Waals surface area (Å²) in [6, 6.07) is 6.81. The number of nitrogens with two attached hydrogens (primary N) is 1. The van der Waals surface area contributed by atoms with Crippen molar-refractivity contribution in [1.29, 1.82) is 0 Å². The van der Waals surface area contributed by atoms with Gasteiger partial charge < -0.3 is 5.73 Å². The van der Waals surface area contributed by atoms with Gasteiger partial charge in [-0.15, -0.1) is 11.3 Å². The van der Waals surface area contributed by atoms with E-state index >= 15 is 0 Å². The number of aryl methyl sites for hydroxylation is 1. The first kappa shape index (κ1) is 15.8. The van der Waals surface area contributed by atoms with Gasteiger partial charge in [-0.1, -0.05) is 22.9 Å². The minimum Gasteiger partial charge on any atom is -0.397 e. The van der Waals surface area contributed by atoms with E-state index in [2.05, 4.69) is 36.6 Å². The monoisotopic (exact) mass is 438 g/mol. The van der Waals surface area contributed by atoms with Crippen LogP contribution in [0.5, 0.6) is 0 Å². The van der Waals surface area contributed by atoms with Crippen LogP contribution in [0.25, 0.3) is 0 Å². The molecule has 20 heavy (non-hydrogen) atoms. The van der Waals surface area contributed by atoms with Crippen molar-refractivity contribution >= 4 is 64.6 Å². The second kappa shape index (κ2) is 6.05. The molecular formula is C12H12Br2N2O2S2. The lowest BCUT2D eigenvalue weighted by Crippen LogP contribution is -2.13. The third-order valence-electron chi connectivity index (χ3n) is 2.57. The molecule has 8 heteroatoms. The fourth-order valence-corrected chi connectivity index (χ4v) is 5.47. The molecule has 0 saturated heterocycles. The number of hydrogen-bond acceptors (Lipinski definition) is 4. The average molecular weight is 440 g/mol. The second-order valence-electron chi connectivity index (χ2n) is 4.03. The molecule has 0 bridgehead atoms. The molecule has 0 fully saturated rings. The first-order valence-electron chi connectivity index (χ1n) is 5.69. The highest BCUT2D eigenvalue weighted by atomic mass is 79.9. The van der Waals surface area contributed by atoms with Gasteiger partial charge in [0.05, 0.1) is 11.4 Å². The maximum absolute atomic E-state index is 12.3. The van der Waals surface area contributed by atoms with Crippen molar-refractivity contribution in [2.24, 2.45) is 0 Å². The average Bonchev–Trinajstić information content (AvgIpc) is 2.83. The Hall–Kier alpha value is -0.570. The minimum absolute atomic E-state index is 0.281. The number of rotatable bonds is 4. The zero-order valence-electron chi connectivity index (χ0n) is 10.5. The van der Waals surface area contributed by atoms with Crippen LogP contribution in [-0.4, -0.2) is 8.42 Å². The molecule has 108 valence electrons. The molecule has 0 saturated carbocycles. The molecular weight excluding hydrogens is 428 g/mol. The predicted octanol–water partition coefficient (Wildman–Crippen LogP) is 4.22. The molecule has 0 radical (unpaired) electrons. The van der Waals surface area contributed by atoms with Crippen molar-refractivity contribution in [3.63, 3.8) is 0 Å². The van der Waals surface area contributed by atoms with Gasteiger partial charge in [-0.2, -0.15) is 0 Å². The smallest absolute Gasteiger partial charge is 0.271 e. The van der Waals surface area contributed by atoms with Gasteiger partial charge in [0, 0.05) is 13.8 Å². The number of nitrogen functional groups attached to an aromatic ring is 1. The number of halogens is 2. The van der Waals surface area contributed by atoms with Gasteiger partial charge in [0.25, 0.3) is 10.0 Å². The standard InChI is InChI=1S/C12H12Br2N2O2S2/c1-2-8-3-4-11(19-8)20(17,18)16-12-9(14)5-7(13)6-10(12)15/h3-6,16H,2,15H2,1H3. The summed E-state index contributed by atoms with van der Waals surface area (Å²) in [4.78, 5) is 1.02. The van der Waals surface area contributed by atoms with Crippen molar-refractivity contribution in [2.75, 3.05) is 10.5 Å². The predicted molar refractivity (Wildman–Crippen MR) is 90.8 cm³/mol. The minimum atomic E-state index is -3.62. The van der Waals surface area contributed by atoms with Crippen molar-refractivity contribution in [3.05, 3.63) is 38.1 Å². The van der Waals surface area contributed by atoms with E-state index in [1.54, 1.807) is 18.2 Å². The van der Waals surface area contributed by atoms with Crippen molar-refractivity contribution < 1.29 is 8.42 Å². The maximum atomic E-state index is 12.3. The Labute approximate surface area is 138 Å². The number of sulfonamides is 1.